The molecule has 5 nitrogen and oxygen atoms in total. The fourth-order valence-corrected chi connectivity index (χ4v) is 5.11. The standard InChI is InChI=1S/C21H18ClN3O2S2/c1-13-11-17-19(29-13)20(27)25(16-5-3-2-4-6-16)21(24-17)28-12-18(26)23-15-9-7-14(22)8-10-15/h2-10,13H,11-12H2,1H3,(H,23,26). The number of nitrogens with one attached hydrogen (secondary N) is 1. The molecule has 1 atom stereocenters. The number of hydrogen-bond acceptors (Lipinski definition) is 5. The van der Waals surface area contributed by atoms with Crippen LogP contribution in [-0.2, 0) is 11.2 Å². The van der Waals surface area contributed by atoms with E-state index in [0.717, 1.165) is 17.8 Å². The summed E-state index contributed by atoms with van der Waals surface area (Å²) in [5.74, 6) is -0.0296. The van der Waals surface area contributed by atoms with Crippen molar-refractivity contribution in [3.05, 3.63) is 75.7 Å². The summed E-state index contributed by atoms with van der Waals surface area (Å²) in [6.45, 7) is 2.09. The van der Waals surface area contributed by atoms with E-state index in [1.54, 1.807) is 40.6 Å². The molecule has 2 heterocycles. The highest BCUT2D eigenvalue weighted by molar-refractivity contribution is 8.00. The Balaban J connectivity index is 1.60. The van der Waals surface area contributed by atoms with Crippen LogP contribution in [0.3, 0.4) is 0 Å². The van der Waals surface area contributed by atoms with Crippen molar-refractivity contribution in [2.75, 3.05) is 11.1 Å². The van der Waals surface area contributed by atoms with Crippen LogP contribution in [0.15, 0.2) is 69.4 Å². The molecule has 3 aromatic rings. The van der Waals surface area contributed by atoms with Crippen molar-refractivity contribution in [2.45, 2.75) is 28.6 Å². The minimum absolute atomic E-state index is 0.0730. The number of fused-ring (bicyclic) bond motifs is 1. The van der Waals surface area contributed by atoms with E-state index >= 15 is 0 Å². The van der Waals surface area contributed by atoms with Gasteiger partial charge in [-0.05, 0) is 36.4 Å². The van der Waals surface area contributed by atoms with Crippen LogP contribution < -0.4 is 10.9 Å². The minimum Gasteiger partial charge on any atom is -0.325 e. The van der Waals surface area contributed by atoms with Crippen LogP contribution in [0.25, 0.3) is 5.69 Å². The van der Waals surface area contributed by atoms with Gasteiger partial charge in [0.2, 0.25) is 5.91 Å². The Morgan fingerprint density at radius 3 is 2.69 bits per heavy atom. The van der Waals surface area contributed by atoms with Crippen molar-refractivity contribution >= 4 is 46.7 Å². The van der Waals surface area contributed by atoms with Gasteiger partial charge >= 0.3 is 0 Å². The van der Waals surface area contributed by atoms with Gasteiger partial charge in [0.05, 0.1) is 22.0 Å². The second kappa shape index (κ2) is 8.65. The number of para-hydroxylation sites is 1. The van der Waals surface area contributed by atoms with Crippen molar-refractivity contribution in [3.63, 3.8) is 0 Å². The molecule has 8 heteroatoms. The first kappa shape index (κ1) is 20.1. The predicted octanol–water partition coefficient (Wildman–Crippen LogP) is 4.65. The van der Waals surface area contributed by atoms with Crippen molar-refractivity contribution in [2.24, 2.45) is 0 Å². The van der Waals surface area contributed by atoms with Gasteiger partial charge in [-0.2, -0.15) is 0 Å². The van der Waals surface area contributed by atoms with Crippen LogP contribution in [0.2, 0.25) is 5.02 Å². The zero-order chi connectivity index (χ0) is 20.4. The zero-order valence-corrected chi connectivity index (χ0v) is 18.0. The summed E-state index contributed by atoms with van der Waals surface area (Å²) in [6, 6.07) is 16.3. The highest BCUT2D eigenvalue weighted by atomic mass is 35.5. The number of benzene rings is 2. The van der Waals surface area contributed by atoms with E-state index in [4.69, 9.17) is 16.6 Å². The third kappa shape index (κ3) is 4.52. The molecule has 2 aromatic carbocycles. The van der Waals surface area contributed by atoms with Crippen molar-refractivity contribution in [3.8, 4) is 5.69 Å². The average Bonchev–Trinajstić information content (AvgIpc) is 3.09. The first-order valence-electron chi connectivity index (χ1n) is 9.07. The first-order valence-corrected chi connectivity index (χ1v) is 11.3. The topological polar surface area (TPSA) is 64.0 Å². The number of thioether (sulfide) groups is 2. The predicted molar refractivity (Wildman–Crippen MR) is 120 cm³/mol. The Kier molecular flexibility index (Phi) is 5.99. The third-order valence-corrected chi connectivity index (χ3v) is 6.76. The quantitative estimate of drug-likeness (QED) is 0.459. The molecule has 1 N–H and O–H groups in total. The molecule has 0 saturated carbocycles. The fraction of sp³-hybridized carbons (Fsp3) is 0.190. The second-order valence-electron chi connectivity index (χ2n) is 6.62. The lowest BCUT2D eigenvalue weighted by atomic mass is 10.2. The summed E-state index contributed by atoms with van der Waals surface area (Å²) >= 11 is 8.70. The molecular formula is C21H18ClN3O2S2. The molecule has 0 radical (unpaired) electrons. The largest absolute Gasteiger partial charge is 0.325 e. The molecule has 1 aliphatic heterocycles. The molecule has 29 heavy (non-hydrogen) atoms. The van der Waals surface area contributed by atoms with Crippen molar-refractivity contribution in [1.29, 1.82) is 0 Å². The highest BCUT2D eigenvalue weighted by Crippen LogP contribution is 2.34. The number of hydrogen-bond donors (Lipinski definition) is 1. The van der Waals surface area contributed by atoms with Crippen LogP contribution in [0.5, 0.6) is 0 Å². The van der Waals surface area contributed by atoms with Gasteiger partial charge in [-0.1, -0.05) is 48.5 Å². The molecule has 0 fully saturated rings. The molecule has 1 amide bonds. The number of nitrogens with zero attached hydrogens (tertiary/aromatic N) is 2. The summed E-state index contributed by atoms with van der Waals surface area (Å²) in [6.07, 6.45) is 0.759. The Hall–Kier alpha value is -2.22. The maximum absolute atomic E-state index is 13.2. The van der Waals surface area contributed by atoms with E-state index in [0.29, 0.717) is 26.0 Å². The zero-order valence-electron chi connectivity index (χ0n) is 15.6. The number of rotatable bonds is 5. The molecule has 148 valence electrons. The van der Waals surface area contributed by atoms with Crippen molar-refractivity contribution < 1.29 is 4.79 Å². The van der Waals surface area contributed by atoms with Crippen LogP contribution >= 0.6 is 35.1 Å². The number of aromatic nitrogens is 2. The van der Waals surface area contributed by atoms with Gasteiger partial charge in [0.25, 0.3) is 5.56 Å². The van der Waals surface area contributed by atoms with Gasteiger partial charge in [0.1, 0.15) is 0 Å². The maximum atomic E-state index is 13.2. The van der Waals surface area contributed by atoms with Crippen molar-refractivity contribution in [1.82, 2.24) is 9.55 Å². The van der Waals surface area contributed by atoms with Crippen LogP contribution in [-0.4, -0.2) is 26.5 Å². The van der Waals surface area contributed by atoms with Gasteiger partial charge in [-0.15, -0.1) is 11.8 Å². The lowest BCUT2D eigenvalue weighted by Gasteiger charge is -2.13. The monoisotopic (exact) mass is 443 g/mol. The Bertz CT molecular complexity index is 1100. The molecule has 1 unspecified atom stereocenters. The molecule has 1 aliphatic rings. The molecule has 4 rings (SSSR count). The molecular weight excluding hydrogens is 426 g/mol. The third-order valence-electron chi connectivity index (χ3n) is 4.36. The van der Waals surface area contributed by atoms with Gasteiger partial charge in [-0.25, -0.2) is 4.98 Å². The molecule has 0 spiro atoms. The number of carbonyl (C=O) groups excluding carboxylic acids is 1. The summed E-state index contributed by atoms with van der Waals surface area (Å²) in [5.41, 5.74) is 2.16. The normalized spacial score (nSPS) is 15.2. The molecule has 0 saturated heterocycles. The van der Waals surface area contributed by atoms with Crippen LogP contribution in [0.1, 0.15) is 12.6 Å². The van der Waals surface area contributed by atoms with Crippen LogP contribution in [0.4, 0.5) is 5.69 Å². The van der Waals surface area contributed by atoms with Gasteiger partial charge in [0, 0.05) is 22.4 Å². The molecule has 0 bridgehead atoms. The summed E-state index contributed by atoms with van der Waals surface area (Å²) in [5, 5.41) is 4.30. The number of carbonyl (C=O) groups is 1. The smallest absolute Gasteiger partial charge is 0.272 e. The average molecular weight is 444 g/mol. The fourth-order valence-electron chi connectivity index (χ4n) is 3.06. The van der Waals surface area contributed by atoms with Crippen LogP contribution in [0, 0.1) is 0 Å². The van der Waals surface area contributed by atoms with Gasteiger partial charge < -0.3 is 5.32 Å². The van der Waals surface area contributed by atoms with E-state index in [2.05, 4.69) is 12.2 Å². The first-order chi connectivity index (χ1) is 14.0. The highest BCUT2D eigenvalue weighted by Gasteiger charge is 2.27. The maximum Gasteiger partial charge on any atom is 0.272 e. The van der Waals surface area contributed by atoms with E-state index < -0.39 is 0 Å². The number of anilines is 1. The number of amides is 1. The van der Waals surface area contributed by atoms with E-state index in [9.17, 15) is 9.59 Å². The summed E-state index contributed by atoms with van der Waals surface area (Å²) in [4.78, 5) is 31.0. The summed E-state index contributed by atoms with van der Waals surface area (Å²) in [7, 11) is 0. The lowest BCUT2D eigenvalue weighted by Crippen LogP contribution is -2.24. The van der Waals surface area contributed by atoms with Gasteiger partial charge in [0.15, 0.2) is 5.16 Å². The molecule has 1 aromatic heterocycles. The Morgan fingerprint density at radius 2 is 1.97 bits per heavy atom. The van der Waals surface area contributed by atoms with E-state index in [1.807, 2.05) is 30.3 Å². The Morgan fingerprint density at radius 1 is 1.24 bits per heavy atom. The minimum atomic E-state index is -0.172. The number of halogens is 1. The van der Waals surface area contributed by atoms with E-state index in [1.165, 1.54) is 11.8 Å². The van der Waals surface area contributed by atoms with E-state index in [-0.39, 0.29) is 17.2 Å². The lowest BCUT2D eigenvalue weighted by molar-refractivity contribution is -0.113. The SMILES string of the molecule is CC1Cc2nc(SCC(=O)Nc3ccc(Cl)cc3)n(-c3ccccc3)c(=O)c2S1. The Labute approximate surface area is 181 Å². The molecule has 0 aliphatic carbocycles. The summed E-state index contributed by atoms with van der Waals surface area (Å²) < 4.78 is 1.60. The van der Waals surface area contributed by atoms with Gasteiger partial charge in [-0.3, -0.25) is 14.2 Å². The second-order valence-corrected chi connectivity index (χ2v) is 9.45.